The molecule has 3 aliphatic carbocycles. The Morgan fingerprint density at radius 2 is 2.00 bits per heavy atom. The molecule has 1 aliphatic heterocycles. The van der Waals surface area contributed by atoms with Crippen LogP contribution in [0, 0.1) is 28.6 Å². The highest BCUT2D eigenvalue weighted by atomic mass is 16.2. The predicted molar refractivity (Wildman–Crippen MR) is 125 cm³/mol. The van der Waals surface area contributed by atoms with Crippen molar-refractivity contribution in [3.05, 3.63) is 35.8 Å². The molecule has 1 N–H and O–H groups in total. The van der Waals surface area contributed by atoms with Gasteiger partial charge >= 0.3 is 0 Å². The van der Waals surface area contributed by atoms with Gasteiger partial charge in [0.1, 0.15) is 17.0 Å². The number of carbonyl (C=O) groups is 2. The van der Waals surface area contributed by atoms with Crippen molar-refractivity contribution in [2.24, 2.45) is 28.6 Å². The number of likely N-dealkylation sites (tertiary alicyclic amines) is 1. The first-order valence-corrected chi connectivity index (χ1v) is 12.2. The molecule has 2 bridgehead atoms. The van der Waals surface area contributed by atoms with E-state index < -0.39 is 0 Å². The molecule has 32 heavy (non-hydrogen) atoms. The molecule has 6 heteroatoms. The first kappa shape index (κ1) is 21.5. The fraction of sp³-hybridized carbons (Fsp3) is 0.654. The van der Waals surface area contributed by atoms with E-state index in [0.717, 1.165) is 38.4 Å². The Bertz CT molecular complexity index is 1050. The zero-order chi connectivity index (χ0) is 22.7. The lowest BCUT2D eigenvalue weighted by Gasteiger charge is -2.60. The van der Waals surface area contributed by atoms with Gasteiger partial charge in [-0.3, -0.25) is 14.0 Å². The van der Waals surface area contributed by atoms with Crippen LogP contribution in [0.5, 0.6) is 0 Å². The second kappa shape index (κ2) is 7.60. The van der Waals surface area contributed by atoms with Crippen LogP contribution in [0.2, 0.25) is 0 Å². The van der Waals surface area contributed by atoms with E-state index >= 15 is 0 Å². The summed E-state index contributed by atoms with van der Waals surface area (Å²) >= 11 is 0. The zero-order valence-electron chi connectivity index (χ0n) is 19.9. The Morgan fingerprint density at radius 1 is 1.19 bits per heavy atom. The van der Waals surface area contributed by atoms with E-state index in [4.69, 9.17) is 0 Å². The number of rotatable bonds is 4. The van der Waals surface area contributed by atoms with Crippen molar-refractivity contribution in [1.29, 1.82) is 0 Å². The molecule has 3 atom stereocenters. The zero-order valence-corrected chi connectivity index (χ0v) is 19.9. The molecule has 4 aliphatic rings. The highest BCUT2D eigenvalue weighted by Crippen LogP contribution is 2.61. The molecule has 0 aromatic carbocycles. The Morgan fingerprint density at radius 3 is 2.72 bits per heavy atom. The molecule has 2 aromatic rings. The fourth-order valence-corrected chi connectivity index (χ4v) is 6.58. The lowest BCUT2D eigenvalue weighted by atomic mass is 9.45. The molecule has 4 fully saturated rings. The van der Waals surface area contributed by atoms with Crippen LogP contribution < -0.4 is 5.32 Å². The van der Waals surface area contributed by atoms with E-state index in [0.29, 0.717) is 34.3 Å². The summed E-state index contributed by atoms with van der Waals surface area (Å²) in [6, 6.07) is 5.51. The number of nitrogens with zero attached hydrogens (tertiary/aromatic N) is 3. The maximum Gasteiger partial charge on any atom is 0.274 e. The summed E-state index contributed by atoms with van der Waals surface area (Å²) in [5, 5.41) is 3.18. The third-order valence-electron chi connectivity index (χ3n) is 8.66. The average Bonchev–Trinajstić information content (AvgIpc) is 3.20. The van der Waals surface area contributed by atoms with E-state index in [9.17, 15) is 9.59 Å². The first-order chi connectivity index (χ1) is 15.2. The normalized spacial score (nSPS) is 28.2. The molecule has 0 radical (unpaired) electrons. The second-order valence-corrected chi connectivity index (χ2v) is 11.7. The number of imidazole rings is 1. The van der Waals surface area contributed by atoms with Gasteiger partial charge < -0.3 is 10.2 Å². The number of hydrogen-bond donors (Lipinski definition) is 1. The van der Waals surface area contributed by atoms with E-state index in [1.54, 1.807) is 10.6 Å². The lowest BCUT2D eigenvalue weighted by molar-refractivity contribution is -0.103. The summed E-state index contributed by atoms with van der Waals surface area (Å²) in [6.07, 6.45) is 7.67. The van der Waals surface area contributed by atoms with Crippen molar-refractivity contribution in [1.82, 2.24) is 19.6 Å². The summed E-state index contributed by atoms with van der Waals surface area (Å²) in [4.78, 5) is 32.7. The predicted octanol–water partition coefficient (Wildman–Crippen LogP) is 4.40. The molecule has 0 spiro atoms. The average molecular weight is 437 g/mol. The summed E-state index contributed by atoms with van der Waals surface area (Å²) in [5.41, 5.74) is 2.13. The number of fused-ring (bicyclic) bond motifs is 3. The summed E-state index contributed by atoms with van der Waals surface area (Å²) in [6.45, 7) is 11.4. The Labute approximate surface area is 190 Å². The third kappa shape index (κ3) is 3.61. The van der Waals surface area contributed by atoms with Gasteiger partial charge in [-0.1, -0.05) is 33.8 Å². The number of nitrogens with one attached hydrogen (secondary N) is 1. The van der Waals surface area contributed by atoms with Crippen LogP contribution in [-0.4, -0.2) is 45.7 Å². The van der Waals surface area contributed by atoms with E-state index in [-0.39, 0.29) is 17.2 Å². The van der Waals surface area contributed by atoms with Crippen LogP contribution in [0.4, 0.5) is 0 Å². The molecule has 2 amide bonds. The highest BCUT2D eigenvalue weighted by molar-refractivity contribution is 5.95. The topological polar surface area (TPSA) is 66.7 Å². The quantitative estimate of drug-likeness (QED) is 0.773. The smallest absolute Gasteiger partial charge is 0.274 e. The van der Waals surface area contributed by atoms with Crippen LogP contribution in [-0.2, 0) is 0 Å². The number of amides is 2. The molecule has 3 saturated carbocycles. The number of aromatic nitrogens is 2. The summed E-state index contributed by atoms with van der Waals surface area (Å²) in [7, 11) is 0. The van der Waals surface area contributed by atoms with Crippen molar-refractivity contribution in [2.75, 3.05) is 19.6 Å². The molecular weight excluding hydrogens is 400 g/mol. The molecule has 2 aromatic heterocycles. The number of carbonyl (C=O) groups excluding carboxylic acids is 2. The molecule has 3 heterocycles. The minimum Gasteiger partial charge on any atom is -0.350 e. The van der Waals surface area contributed by atoms with Gasteiger partial charge in [0.25, 0.3) is 11.8 Å². The van der Waals surface area contributed by atoms with Crippen molar-refractivity contribution in [3.8, 4) is 0 Å². The van der Waals surface area contributed by atoms with Gasteiger partial charge in [0.15, 0.2) is 0 Å². The Kier molecular flexibility index (Phi) is 5.10. The summed E-state index contributed by atoms with van der Waals surface area (Å²) < 4.78 is 1.77. The number of hydrogen-bond acceptors (Lipinski definition) is 3. The van der Waals surface area contributed by atoms with Gasteiger partial charge in [-0.25, -0.2) is 4.98 Å². The maximum atomic E-state index is 13.1. The van der Waals surface area contributed by atoms with Crippen LogP contribution in [0.1, 0.15) is 80.8 Å². The maximum absolute atomic E-state index is 13.1. The van der Waals surface area contributed by atoms with Gasteiger partial charge in [-0.05, 0) is 72.8 Å². The van der Waals surface area contributed by atoms with Crippen LogP contribution >= 0.6 is 0 Å². The minimum absolute atomic E-state index is 0.0446. The van der Waals surface area contributed by atoms with E-state index in [1.807, 2.05) is 23.1 Å². The first-order valence-electron chi connectivity index (χ1n) is 12.2. The van der Waals surface area contributed by atoms with Crippen LogP contribution in [0.15, 0.2) is 24.4 Å². The molecule has 1 saturated heterocycles. The lowest BCUT2D eigenvalue weighted by Crippen LogP contribution is -2.54. The summed E-state index contributed by atoms with van der Waals surface area (Å²) in [5.74, 6) is 1.99. The van der Waals surface area contributed by atoms with E-state index in [1.165, 1.54) is 19.3 Å². The molecule has 172 valence electrons. The van der Waals surface area contributed by atoms with Crippen molar-refractivity contribution < 1.29 is 9.59 Å². The van der Waals surface area contributed by atoms with Crippen molar-refractivity contribution >= 4 is 17.5 Å². The highest BCUT2D eigenvalue weighted by Gasteiger charge is 2.53. The number of pyridine rings is 1. The van der Waals surface area contributed by atoms with Crippen LogP contribution in [0.3, 0.4) is 0 Å². The van der Waals surface area contributed by atoms with Gasteiger partial charge in [0, 0.05) is 25.8 Å². The standard InChI is InChI=1S/C26H36N4O2/c1-25(2)11-6-12-29(16-25)24(32)20-15-30-21(7-5-8-22(30)28-20)23(31)27-14-17-9-10-18-13-19(17)26(18,3)4/h5,7-8,15,17-19H,6,9-14,16H2,1-4H3,(H,27,31)/t17-,18-,19+/m0/s1. The Balaban J connectivity index is 1.31. The fourth-order valence-electron chi connectivity index (χ4n) is 6.58. The molecule has 6 nitrogen and oxygen atoms in total. The van der Waals surface area contributed by atoms with Gasteiger partial charge in [-0.2, -0.15) is 0 Å². The number of piperidine rings is 1. The SMILES string of the molecule is CC1(C)CCCN(C(=O)c2cn3c(C(=O)NC[C@@H]4CC[C@H]5C[C@H]4C5(C)C)cccc3n2)C1. The van der Waals surface area contributed by atoms with Crippen molar-refractivity contribution in [2.45, 2.75) is 59.8 Å². The molecular formula is C26H36N4O2. The van der Waals surface area contributed by atoms with E-state index in [2.05, 4.69) is 38.0 Å². The third-order valence-corrected chi connectivity index (χ3v) is 8.66. The van der Waals surface area contributed by atoms with Crippen molar-refractivity contribution in [3.63, 3.8) is 0 Å². The monoisotopic (exact) mass is 436 g/mol. The van der Waals surface area contributed by atoms with Gasteiger partial charge in [-0.15, -0.1) is 0 Å². The van der Waals surface area contributed by atoms with Gasteiger partial charge in [0.2, 0.25) is 0 Å². The largest absolute Gasteiger partial charge is 0.350 e. The minimum atomic E-state index is -0.0923. The molecule has 6 rings (SSSR count). The molecule has 0 unspecified atom stereocenters. The van der Waals surface area contributed by atoms with Crippen LogP contribution in [0.25, 0.3) is 5.65 Å². The second-order valence-electron chi connectivity index (χ2n) is 11.7. The Hall–Kier alpha value is -2.37. The van der Waals surface area contributed by atoms with Gasteiger partial charge in [0.05, 0.1) is 0 Å².